The average molecular weight is 368 g/mol. The molecule has 0 aliphatic carbocycles. The van der Waals surface area contributed by atoms with E-state index in [1.807, 2.05) is 20.8 Å². The molecular formula is C18H28N2O4S. The molecule has 0 fully saturated rings. The second-order valence-corrected chi connectivity index (χ2v) is 8.76. The van der Waals surface area contributed by atoms with Crippen LogP contribution in [0.25, 0.3) is 0 Å². The number of ether oxygens (including phenoxy) is 1. The Balaban J connectivity index is 2.02. The topological polar surface area (TPSA) is 75.7 Å². The Morgan fingerprint density at radius 1 is 1.40 bits per heavy atom. The van der Waals surface area contributed by atoms with Crippen molar-refractivity contribution in [2.75, 3.05) is 23.2 Å². The zero-order valence-corrected chi connectivity index (χ0v) is 16.2. The molecule has 140 valence electrons. The highest BCUT2D eigenvalue weighted by Gasteiger charge is 2.34. The number of anilines is 1. The molecule has 0 radical (unpaired) electrons. The summed E-state index contributed by atoms with van der Waals surface area (Å²) in [5.74, 6) is -0.0749. The Morgan fingerprint density at radius 3 is 2.76 bits per heavy atom. The van der Waals surface area contributed by atoms with Gasteiger partial charge in [-0.1, -0.05) is 0 Å². The minimum atomic E-state index is -3.30. The molecule has 0 aromatic heterocycles. The molecule has 2 rings (SSSR count). The molecule has 1 amide bonds. The molecule has 1 aromatic carbocycles. The van der Waals surface area contributed by atoms with Crippen LogP contribution in [0.1, 0.15) is 50.0 Å². The summed E-state index contributed by atoms with van der Waals surface area (Å²) in [5, 5.41) is 2.88. The van der Waals surface area contributed by atoms with Crippen molar-refractivity contribution in [3.05, 3.63) is 29.3 Å². The van der Waals surface area contributed by atoms with Gasteiger partial charge in [0.2, 0.25) is 10.0 Å². The number of rotatable bonds is 8. The second kappa shape index (κ2) is 8.19. The van der Waals surface area contributed by atoms with Crippen molar-refractivity contribution < 1.29 is 17.9 Å². The molecule has 1 aromatic rings. The minimum absolute atomic E-state index is 0.0669. The lowest BCUT2D eigenvalue weighted by Gasteiger charge is -2.23. The third kappa shape index (κ3) is 4.73. The summed E-state index contributed by atoms with van der Waals surface area (Å²) in [6, 6.07) is 5.11. The first-order valence-corrected chi connectivity index (χ1v) is 10.4. The summed E-state index contributed by atoms with van der Waals surface area (Å²) < 4.78 is 31.5. The van der Waals surface area contributed by atoms with Gasteiger partial charge in [0, 0.05) is 24.8 Å². The average Bonchev–Trinajstić information content (AvgIpc) is 2.89. The number of amides is 1. The highest BCUT2D eigenvalue weighted by Crippen LogP contribution is 2.35. The van der Waals surface area contributed by atoms with E-state index < -0.39 is 10.0 Å². The largest absolute Gasteiger partial charge is 0.379 e. The summed E-state index contributed by atoms with van der Waals surface area (Å²) in [6.45, 7) is 8.66. The van der Waals surface area contributed by atoms with E-state index in [2.05, 4.69) is 5.32 Å². The lowest BCUT2D eigenvalue weighted by molar-refractivity contribution is 0.0757. The third-order valence-corrected chi connectivity index (χ3v) is 6.10. The highest BCUT2D eigenvalue weighted by atomic mass is 32.2. The van der Waals surface area contributed by atoms with Gasteiger partial charge < -0.3 is 10.1 Å². The number of benzene rings is 1. The van der Waals surface area contributed by atoms with Gasteiger partial charge in [-0.3, -0.25) is 9.10 Å². The normalized spacial score (nSPS) is 17.0. The zero-order chi connectivity index (χ0) is 18.6. The van der Waals surface area contributed by atoms with Crippen LogP contribution in [0.15, 0.2) is 18.2 Å². The van der Waals surface area contributed by atoms with E-state index in [0.29, 0.717) is 30.8 Å². The maximum Gasteiger partial charge on any atom is 0.251 e. The predicted molar refractivity (Wildman–Crippen MR) is 99.6 cm³/mol. The van der Waals surface area contributed by atoms with E-state index in [1.54, 1.807) is 25.1 Å². The van der Waals surface area contributed by atoms with Crippen molar-refractivity contribution >= 4 is 21.6 Å². The van der Waals surface area contributed by atoms with Crippen LogP contribution < -0.4 is 9.62 Å². The van der Waals surface area contributed by atoms with E-state index in [0.717, 1.165) is 12.0 Å². The minimum Gasteiger partial charge on any atom is -0.379 e. The third-order valence-electron chi connectivity index (χ3n) is 4.22. The van der Waals surface area contributed by atoms with Gasteiger partial charge >= 0.3 is 0 Å². The SMILES string of the molecule is CCS(=O)(=O)N1c2ccc(C(=O)NCCCOC(C)C)cc2C[C@H]1C. The van der Waals surface area contributed by atoms with Gasteiger partial charge in [-0.25, -0.2) is 8.42 Å². The molecule has 1 N–H and O–H groups in total. The van der Waals surface area contributed by atoms with E-state index in [-0.39, 0.29) is 23.8 Å². The van der Waals surface area contributed by atoms with Crippen LogP contribution in [-0.4, -0.2) is 45.4 Å². The molecule has 1 aliphatic rings. The van der Waals surface area contributed by atoms with Crippen molar-refractivity contribution in [2.24, 2.45) is 0 Å². The Hall–Kier alpha value is -1.60. The van der Waals surface area contributed by atoms with Crippen molar-refractivity contribution in [1.29, 1.82) is 0 Å². The van der Waals surface area contributed by atoms with Gasteiger partial charge in [-0.15, -0.1) is 0 Å². The monoisotopic (exact) mass is 368 g/mol. The first-order chi connectivity index (χ1) is 11.8. The number of fused-ring (bicyclic) bond motifs is 1. The Bertz CT molecular complexity index is 716. The number of carbonyl (C=O) groups excluding carboxylic acids is 1. The number of carbonyl (C=O) groups is 1. The van der Waals surface area contributed by atoms with Crippen molar-refractivity contribution in [3.63, 3.8) is 0 Å². The highest BCUT2D eigenvalue weighted by molar-refractivity contribution is 7.92. The smallest absolute Gasteiger partial charge is 0.251 e. The summed E-state index contributed by atoms with van der Waals surface area (Å²) >= 11 is 0. The van der Waals surface area contributed by atoms with Crippen LogP contribution in [0.3, 0.4) is 0 Å². The number of hydrogen-bond acceptors (Lipinski definition) is 4. The summed E-state index contributed by atoms with van der Waals surface area (Å²) in [4.78, 5) is 12.3. The molecular weight excluding hydrogens is 340 g/mol. The second-order valence-electron chi connectivity index (χ2n) is 6.62. The van der Waals surface area contributed by atoms with Gasteiger partial charge in [-0.05, 0) is 64.3 Å². The van der Waals surface area contributed by atoms with Crippen LogP contribution in [0.5, 0.6) is 0 Å². The first-order valence-electron chi connectivity index (χ1n) is 8.81. The fourth-order valence-electron chi connectivity index (χ4n) is 3.00. The fraction of sp³-hybridized carbons (Fsp3) is 0.611. The quantitative estimate of drug-likeness (QED) is 0.715. The number of hydrogen-bond donors (Lipinski definition) is 1. The predicted octanol–water partition coefficient (Wildman–Crippen LogP) is 2.33. The van der Waals surface area contributed by atoms with Crippen molar-refractivity contribution in [2.45, 2.75) is 52.7 Å². The van der Waals surface area contributed by atoms with Crippen molar-refractivity contribution in [3.8, 4) is 0 Å². The summed E-state index contributed by atoms with van der Waals surface area (Å²) in [5.41, 5.74) is 2.16. The van der Waals surface area contributed by atoms with Crippen LogP contribution in [-0.2, 0) is 21.2 Å². The molecule has 0 saturated heterocycles. The molecule has 0 unspecified atom stereocenters. The Morgan fingerprint density at radius 2 is 2.12 bits per heavy atom. The molecule has 0 bridgehead atoms. The molecule has 25 heavy (non-hydrogen) atoms. The Labute approximate surface area is 150 Å². The van der Waals surface area contributed by atoms with Crippen LogP contribution >= 0.6 is 0 Å². The maximum absolute atomic E-state index is 12.3. The first kappa shape index (κ1) is 19.7. The van der Waals surface area contributed by atoms with Crippen LogP contribution in [0.2, 0.25) is 0 Å². The van der Waals surface area contributed by atoms with E-state index >= 15 is 0 Å². The number of nitrogens with zero attached hydrogens (tertiary/aromatic N) is 1. The summed E-state index contributed by atoms with van der Waals surface area (Å²) in [6.07, 6.45) is 1.57. The van der Waals surface area contributed by atoms with E-state index in [1.165, 1.54) is 4.31 Å². The van der Waals surface area contributed by atoms with Gasteiger partial charge in [-0.2, -0.15) is 0 Å². The molecule has 6 nitrogen and oxygen atoms in total. The Kier molecular flexibility index (Phi) is 6.46. The van der Waals surface area contributed by atoms with Gasteiger partial charge in [0.15, 0.2) is 0 Å². The van der Waals surface area contributed by atoms with Crippen molar-refractivity contribution in [1.82, 2.24) is 5.32 Å². The fourth-order valence-corrected chi connectivity index (χ4v) is 4.38. The number of sulfonamides is 1. The van der Waals surface area contributed by atoms with Gasteiger partial charge in [0.25, 0.3) is 5.91 Å². The van der Waals surface area contributed by atoms with E-state index in [9.17, 15) is 13.2 Å². The lowest BCUT2D eigenvalue weighted by Crippen LogP contribution is -2.36. The molecule has 1 aliphatic heterocycles. The number of nitrogens with one attached hydrogen (secondary N) is 1. The van der Waals surface area contributed by atoms with Gasteiger partial charge in [0.05, 0.1) is 17.5 Å². The summed E-state index contributed by atoms with van der Waals surface area (Å²) in [7, 11) is -3.30. The molecule has 0 saturated carbocycles. The van der Waals surface area contributed by atoms with Crippen LogP contribution in [0.4, 0.5) is 5.69 Å². The zero-order valence-electron chi connectivity index (χ0n) is 15.4. The maximum atomic E-state index is 12.3. The van der Waals surface area contributed by atoms with E-state index in [4.69, 9.17) is 4.74 Å². The molecule has 7 heteroatoms. The molecule has 1 heterocycles. The van der Waals surface area contributed by atoms with Crippen LogP contribution in [0, 0.1) is 0 Å². The molecule has 0 spiro atoms. The lowest BCUT2D eigenvalue weighted by atomic mass is 10.1. The van der Waals surface area contributed by atoms with Gasteiger partial charge in [0.1, 0.15) is 0 Å². The molecule has 1 atom stereocenters. The standard InChI is InChI=1S/C18H28N2O4S/c1-5-25(22,23)20-14(4)11-16-12-15(7-8-17(16)20)18(21)19-9-6-10-24-13(2)3/h7-8,12-14H,5-6,9-11H2,1-4H3,(H,19,21)/t14-/m1/s1.